The number of aryl methyl sites for hydroxylation is 2. The summed E-state index contributed by atoms with van der Waals surface area (Å²) in [6, 6.07) is 8.19. The number of benzene rings is 1. The van der Waals surface area contributed by atoms with E-state index in [4.69, 9.17) is 0 Å². The Bertz CT molecular complexity index is 782. The van der Waals surface area contributed by atoms with Gasteiger partial charge in [0, 0.05) is 24.0 Å². The monoisotopic (exact) mass is 275 g/mol. The predicted octanol–water partition coefficient (Wildman–Crippen LogP) is 2.86. The van der Waals surface area contributed by atoms with Gasteiger partial charge < -0.3 is 9.88 Å². The van der Waals surface area contributed by atoms with Crippen LogP contribution in [0.25, 0.3) is 5.70 Å². The third-order valence-electron chi connectivity index (χ3n) is 3.31. The van der Waals surface area contributed by atoms with Crippen molar-refractivity contribution in [3.8, 4) is 11.8 Å². The van der Waals surface area contributed by atoms with Gasteiger partial charge in [0.1, 0.15) is 11.5 Å². The van der Waals surface area contributed by atoms with Crippen LogP contribution in [0.1, 0.15) is 22.6 Å². The molecule has 0 saturated carbocycles. The molecule has 1 N–H and O–H groups in total. The number of dihydropyridines is 1. The van der Waals surface area contributed by atoms with E-state index in [1.165, 1.54) is 5.56 Å². The molecule has 0 spiro atoms. The highest BCUT2D eigenvalue weighted by Gasteiger charge is 2.06. The average Bonchev–Trinajstić information content (AvgIpc) is 2.87. The van der Waals surface area contributed by atoms with Crippen LogP contribution in [0.15, 0.2) is 48.8 Å². The predicted molar refractivity (Wildman–Crippen MR) is 85.5 cm³/mol. The molecule has 1 aromatic heterocycles. The van der Waals surface area contributed by atoms with Gasteiger partial charge in [0.2, 0.25) is 0 Å². The fourth-order valence-corrected chi connectivity index (χ4v) is 2.28. The van der Waals surface area contributed by atoms with E-state index in [1.807, 2.05) is 37.5 Å². The zero-order valence-electron chi connectivity index (χ0n) is 12.2. The molecule has 3 heteroatoms. The third-order valence-corrected chi connectivity index (χ3v) is 3.31. The van der Waals surface area contributed by atoms with E-state index in [9.17, 15) is 0 Å². The zero-order chi connectivity index (χ0) is 14.7. The first kappa shape index (κ1) is 13.3. The van der Waals surface area contributed by atoms with E-state index in [0.717, 1.165) is 29.3 Å². The number of aromatic nitrogens is 2. The molecule has 2 heterocycles. The summed E-state index contributed by atoms with van der Waals surface area (Å²) in [4.78, 5) is 4.52. The van der Waals surface area contributed by atoms with Gasteiger partial charge in [0.05, 0.1) is 0 Å². The highest BCUT2D eigenvalue weighted by Crippen LogP contribution is 2.13. The topological polar surface area (TPSA) is 29.9 Å². The van der Waals surface area contributed by atoms with E-state index in [0.29, 0.717) is 0 Å². The minimum atomic E-state index is 0.793. The van der Waals surface area contributed by atoms with Gasteiger partial charge in [-0.15, -0.1) is 0 Å². The molecule has 1 aromatic carbocycles. The summed E-state index contributed by atoms with van der Waals surface area (Å²) >= 11 is 0. The summed E-state index contributed by atoms with van der Waals surface area (Å²) < 4.78 is 2.07. The summed E-state index contributed by atoms with van der Waals surface area (Å²) in [5, 5.41) is 3.14. The van der Waals surface area contributed by atoms with Crippen LogP contribution in [0.3, 0.4) is 0 Å². The van der Waals surface area contributed by atoms with Crippen LogP contribution in [0, 0.1) is 25.7 Å². The lowest BCUT2D eigenvalue weighted by atomic mass is 10.1. The molecular formula is C18H17N3. The standard InChI is InChI=1S/C18H17N3/c1-14-4-3-5-16(12-14)6-7-17-13-21(15(2)20-17)18-8-10-19-11-9-18/h3-5,8-10,12-13,19H,11H2,1-2H3. The van der Waals surface area contributed by atoms with Crippen molar-refractivity contribution < 1.29 is 0 Å². The van der Waals surface area contributed by atoms with E-state index in [2.05, 4.69) is 51.8 Å². The Morgan fingerprint density at radius 3 is 2.90 bits per heavy atom. The summed E-state index contributed by atoms with van der Waals surface area (Å²) in [5.41, 5.74) is 4.15. The SMILES string of the molecule is Cc1cccc(C#Cc2cn(C3=CCNC=C3)c(C)n2)c1. The molecule has 0 unspecified atom stereocenters. The van der Waals surface area contributed by atoms with E-state index in [1.54, 1.807) is 0 Å². The van der Waals surface area contributed by atoms with Gasteiger partial charge in [0.15, 0.2) is 0 Å². The van der Waals surface area contributed by atoms with Crippen molar-refractivity contribution in [1.82, 2.24) is 14.9 Å². The molecule has 2 aromatic rings. The van der Waals surface area contributed by atoms with Crippen molar-refractivity contribution >= 4 is 5.70 Å². The van der Waals surface area contributed by atoms with Crippen LogP contribution in [-0.2, 0) is 0 Å². The normalized spacial score (nSPS) is 13.1. The largest absolute Gasteiger partial charge is 0.387 e. The number of nitrogens with zero attached hydrogens (tertiary/aromatic N) is 2. The maximum absolute atomic E-state index is 4.52. The van der Waals surface area contributed by atoms with Gasteiger partial charge >= 0.3 is 0 Å². The maximum atomic E-state index is 4.52. The van der Waals surface area contributed by atoms with Crippen molar-refractivity contribution in [3.63, 3.8) is 0 Å². The quantitative estimate of drug-likeness (QED) is 0.811. The smallest absolute Gasteiger partial charge is 0.132 e. The van der Waals surface area contributed by atoms with E-state index >= 15 is 0 Å². The fraction of sp³-hybridized carbons (Fsp3) is 0.167. The first-order chi connectivity index (χ1) is 10.2. The highest BCUT2D eigenvalue weighted by molar-refractivity contribution is 5.60. The number of rotatable bonds is 1. The average molecular weight is 275 g/mol. The molecule has 1 aliphatic heterocycles. The summed E-state index contributed by atoms with van der Waals surface area (Å²) in [6.07, 6.45) is 8.11. The molecule has 0 radical (unpaired) electrons. The minimum absolute atomic E-state index is 0.793. The van der Waals surface area contributed by atoms with Crippen LogP contribution in [0.4, 0.5) is 0 Å². The van der Waals surface area contributed by atoms with Gasteiger partial charge in [-0.25, -0.2) is 4.98 Å². The van der Waals surface area contributed by atoms with Gasteiger partial charge in [-0.3, -0.25) is 0 Å². The first-order valence-electron chi connectivity index (χ1n) is 6.97. The Morgan fingerprint density at radius 2 is 2.14 bits per heavy atom. The first-order valence-corrected chi connectivity index (χ1v) is 6.97. The Balaban J connectivity index is 1.88. The zero-order valence-corrected chi connectivity index (χ0v) is 12.2. The Hall–Kier alpha value is -2.73. The summed E-state index contributed by atoms with van der Waals surface area (Å²) in [5.74, 6) is 7.25. The second-order valence-electron chi connectivity index (χ2n) is 5.03. The number of allylic oxidation sites excluding steroid dienone is 2. The molecule has 0 atom stereocenters. The lowest BCUT2D eigenvalue weighted by Crippen LogP contribution is -2.11. The van der Waals surface area contributed by atoms with Crippen molar-refractivity contribution in [1.29, 1.82) is 0 Å². The van der Waals surface area contributed by atoms with E-state index < -0.39 is 0 Å². The third kappa shape index (κ3) is 3.06. The van der Waals surface area contributed by atoms with E-state index in [-0.39, 0.29) is 0 Å². The van der Waals surface area contributed by atoms with Gasteiger partial charge in [-0.2, -0.15) is 0 Å². The molecule has 1 aliphatic rings. The number of imidazole rings is 1. The molecule has 104 valence electrons. The molecule has 0 bridgehead atoms. The van der Waals surface area contributed by atoms with Crippen molar-refractivity contribution in [3.05, 3.63) is 71.5 Å². The van der Waals surface area contributed by atoms with Crippen LogP contribution in [-0.4, -0.2) is 16.1 Å². The van der Waals surface area contributed by atoms with Crippen LogP contribution >= 0.6 is 0 Å². The summed E-state index contributed by atoms with van der Waals surface area (Å²) in [7, 11) is 0. The number of nitrogens with one attached hydrogen (secondary N) is 1. The molecule has 0 saturated heterocycles. The minimum Gasteiger partial charge on any atom is -0.387 e. The second kappa shape index (κ2) is 5.72. The lowest BCUT2D eigenvalue weighted by molar-refractivity contribution is 0.934. The molecule has 0 amide bonds. The molecule has 3 nitrogen and oxygen atoms in total. The van der Waals surface area contributed by atoms with Crippen LogP contribution in [0.2, 0.25) is 0 Å². The molecular weight excluding hydrogens is 258 g/mol. The lowest BCUT2D eigenvalue weighted by Gasteiger charge is -2.10. The number of hydrogen-bond donors (Lipinski definition) is 1. The van der Waals surface area contributed by atoms with Gasteiger partial charge in [-0.1, -0.05) is 18.1 Å². The van der Waals surface area contributed by atoms with Gasteiger partial charge in [-0.05, 0) is 55.8 Å². The van der Waals surface area contributed by atoms with Crippen LogP contribution < -0.4 is 5.32 Å². The van der Waals surface area contributed by atoms with Crippen LogP contribution in [0.5, 0.6) is 0 Å². The molecule has 3 rings (SSSR count). The maximum Gasteiger partial charge on any atom is 0.132 e. The molecule has 0 aliphatic carbocycles. The Labute approximate surface area is 125 Å². The fourth-order valence-electron chi connectivity index (χ4n) is 2.28. The van der Waals surface area contributed by atoms with Crippen molar-refractivity contribution in [2.45, 2.75) is 13.8 Å². The van der Waals surface area contributed by atoms with Crippen molar-refractivity contribution in [2.75, 3.05) is 6.54 Å². The number of hydrogen-bond acceptors (Lipinski definition) is 2. The molecule has 21 heavy (non-hydrogen) atoms. The highest BCUT2D eigenvalue weighted by atomic mass is 15.1. The second-order valence-corrected chi connectivity index (χ2v) is 5.03. The summed E-state index contributed by atoms with van der Waals surface area (Å²) in [6.45, 7) is 4.91. The van der Waals surface area contributed by atoms with Crippen molar-refractivity contribution in [2.24, 2.45) is 0 Å². The van der Waals surface area contributed by atoms with Gasteiger partial charge in [0.25, 0.3) is 0 Å². The Morgan fingerprint density at radius 1 is 1.24 bits per heavy atom. The Kier molecular flexibility index (Phi) is 3.61. The molecule has 0 fully saturated rings.